The minimum absolute atomic E-state index is 0.0431. The summed E-state index contributed by atoms with van der Waals surface area (Å²) in [6.07, 6.45) is 3.38. The van der Waals surface area contributed by atoms with E-state index >= 15 is 0 Å². The van der Waals surface area contributed by atoms with E-state index in [9.17, 15) is 4.79 Å². The Bertz CT molecular complexity index is 541. The maximum Gasteiger partial charge on any atom is 0.311 e. The van der Waals surface area contributed by atoms with Gasteiger partial charge in [0.05, 0.1) is 0 Å². The summed E-state index contributed by atoms with van der Waals surface area (Å²) < 4.78 is 10.0. The lowest BCUT2D eigenvalue weighted by Gasteiger charge is -2.14. The average Bonchev–Trinajstić information content (AvgIpc) is 2.88. The maximum absolute atomic E-state index is 12.0. The molecule has 0 aliphatic carbocycles. The maximum atomic E-state index is 12.0. The number of carbonyl (C=O) groups is 1. The van der Waals surface area contributed by atoms with E-state index in [1.807, 2.05) is 12.1 Å². The van der Waals surface area contributed by atoms with E-state index in [0.717, 1.165) is 5.56 Å². The van der Waals surface area contributed by atoms with E-state index in [1.165, 1.54) is 12.0 Å². The Morgan fingerprint density at radius 2 is 2.32 bits per heavy atom. The Morgan fingerprint density at radius 1 is 1.47 bits per heavy atom. The molecule has 7 heteroatoms. The molecule has 0 spiro atoms. The van der Waals surface area contributed by atoms with Crippen LogP contribution in [0.25, 0.3) is 0 Å². The fraction of sp³-hybridized carbons (Fsp3) is 0.333. The number of pyridine rings is 1. The van der Waals surface area contributed by atoms with E-state index < -0.39 is 0 Å². The van der Waals surface area contributed by atoms with Crippen molar-refractivity contribution in [3.63, 3.8) is 0 Å². The summed E-state index contributed by atoms with van der Waals surface area (Å²) in [6.45, 7) is 0.612. The van der Waals surface area contributed by atoms with Crippen molar-refractivity contribution in [1.29, 1.82) is 0 Å². The molecule has 2 aromatic heterocycles. The van der Waals surface area contributed by atoms with Gasteiger partial charge in [0.2, 0.25) is 5.89 Å². The molecular weight excluding hydrogens is 248 g/mol. The van der Waals surface area contributed by atoms with Crippen LogP contribution in [0.1, 0.15) is 22.1 Å². The van der Waals surface area contributed by atoms with E-state index in [2.05, 4.69) is 15.2 Å². The first-order valence-corrected chi connectivity index (χ1v) is 5.66. The van der Waals surface area contributed by atoms with Gasteiger partial charge in [-0.2, -0.15) is 0 Å². The second-order valence-corrected chi connectivity index (χ2v) is 3.96. The van der Waals surface area contributed by atoms with Crippen LogP contribution in [-0.4, -0.2) is 40.1 Å². The molecule has 0 radical (unpaired) electrons. The molecule has 0 aliphatic heterocycles. The highest BCUT2D eigenvalue weighted by molar-refractivity contribution is 5.89. The van der Waals surface area contributed by atoms with Gasteiger partial charge in [-0.1, -0.05) is 6.07 Å². The van der Waals surface area contributed by atoms with Crippen molar-refractivity contribution < 1.29 is 13.9 Å². The van der Waals surface area contributed by atoms with Crippen LogP contribution in [0.2, 0.25) is 0 Å². The molecule has 0 aliphatic rings. The summed E-state index contributed by atoms with van der Waals surface area (Å²) in [5.41, 5.74) is 0.926. The molecular formula is C12H14N4O3. The molecule has 0 bridgehead atoms. The van der Waals surface area contributed by atoms with E-state index in [-0.39, 0.29) is 24.3 Å². The third-order valence-electron chi connectivity index (χ3n) is 2.41. The van der Waals surface area contributed by atoms with Gasteiger partial charge in [-0.3, -0.25) is 9.78 Å². The third kappa shape index (κ3) is 3.35. The highest BCUT2D eigenvalue weighted by Gasteiger charge is 2.19. The van der Waals surface area contributed by atoms with Gasteiger partial charge >= 0.3 is 11.8 Å². The average molecular weight is 262 g/mol. The van der Waals surface area contributed by atoms with Crippen LogP contribution >= 0.6 is 0 Å². The second-order valence-electron chi connectivity index (χ2n) is 3.96. The Kier molecular flexibility index (Phi) is 4.19. The molecule has 0 N–H and O–H groups in total. The van der Waals surface area contributed by atoms with Gasteiger partial charge in [-0.15, -0.1) is 10.2 Å². The highest BCUT2D eigenvalue weighted by Crippen LogP contribution is 2.07. The van der Waals surface area contributed by atoms with Gasteiger partial charge in [0.25, 0.3) is 0 Å². The molecule has 0 saturated heterocycles. The largest absolute Gasteiger partial charge is 0.414 e. The Hall–Kier alpha value is -2.28. The van der Waals surface area contributed by atoms with Crippen LogP contribution in [0.15, 0.2) is 28.9 Å². The quantitative estimate of drug-likeness (QED) is 0.795. The zero-order chi connectivity index (χ0) is 13.7. The number of ether oxygens (including phenoxy) is 1. The van der Waals surface area contributed by atoms with Crippen molar-refractivity contribution in [3.05, 3.63) is 41.9 Å². The Morgan fingerprint density at radius 3 is 3.00 bits per heavy atom. The van der Waals surface area contributed by atoms with Crippen molar-refractivity contribution >= 4 is 5.91 Å². The van der Waals surface area contributed by atoms with Crippen molar-refractivity contribution in [2.75, 3.05) is 14.2 Å². The molecule has 0 fully saturated rings. The number of methoxy groups -OCH3 is 1. The minimum atomic E-state index is -0.335. The lowest BCUT2D eigenvalue weighted by molar-refractivity contribution is 0.0737. The van der Waals surface area contributed by atoms with Crippen molar-refractivity contribution in [2.45, 2.75) is 13.2 Å². The molecule has 100 valence electrons. The molecule has 0 saturated carbocycles. The molecule has 19 heavy (non-hydrogen) atoms. The smallest absolute Gasteiger partial charge is 0.311 e. The fourth-order valence-electron chi connectivity index (χ4n) is 1.52. The normalized spacial score (nSPS) is 10.4. The van der Waals surface area contributed by atoms with E-state index in [1.54, 1.807) is 19.4 Å². The summed E-state index contributed by atoms with van der Waals surface area (Å²) in [4.78, 5) is 17.5. The molecule has 0 unspecified atom stereocenters. The Balaban J connectivity index is 2.02. The second kappa shape index (κ2) is 6.05. The SMILES string of the molecule is COCc1nnc(C(=O)N(C)Cc2cccnc2)o1. The summed E-state index contributed by atoms with van der Waals surface area (Å²) in [5.74, 6) is -0.0993. The molecule has 0 atom stereocenters. The molecule has 2 heterocycles. The number of carbonyl (C=O) groups excluding carboxylic acids is 1. The summed E-state index contributed by atoms with van der Waals surface area (Å²) in [5, 5.41) is 7.41. The standard InChI is InChI=1S/C12H14N4O3/c1-16(7-9-4-3-5-13-6-9)12(17)11-15-14-10(19-11)8-18-2/h3-6H,7-8H2,1-2H3. The topological polar surface area (TPSA) is 81.4 Å². The molecule has 1 amide bonds. The number of aromatic nitrogens is 3. The van der Waals surface area contributed by atoms with Crippen molar-refractivity contribution in [2.24, 2.45) is 0 Å². The third-order valence-corrected chi connectivity index (χ3v) is 2.41. The molecule has 2 rings (SSSR count). The van der Waals surface area contributed by atoms with Gasteiger partial charge in [0, 0.05) is 33.1 Å². The predicted octanol–water partition coefficient (Wildman–Crippen LogP) is 0.883. The minimum Gasteiger partial charge on any atom is -0.414 e. The van der Waals surface area contributed by atoms with Gasteiger partial charge < -0.3 is 14.1 Å². The monoisotopic (exact) mass is 262 g/mol. The lowest BCUT2D eigenvalue weighted by Crippen LogP contribution is -2.26. The number of hydrogen-bond acceptors (Lipinski definition) is 6. The first-order chi connectivity index (χ1) is 9.20. The van der Waals surface area contributed by atoms with Gasteiger partial charge in [0.15, 0.2) is 0 Å². The van der Waals surface area contributed by atoms with Crippen LogP contribution in [0.4, 0.5) is 0 Å². The number of nitrogens with zero attached hydrogens (tertiary/aromatic N) is 4. The zero-order valence-electron chi connectivity index (χ0n) is 10.7. The predicted molar refractivity (Wildman–Crippen MR) is 65.0 cm³/mol. The number of hydrogen-bond donors (Lipinski definition) is 0. The van der Waals surface area contributed by atoms with E-state index in [0.29, 0.717) is 6.54 Å². The van der Waals surface area contributed by atoms with Crippen LogP contribution < -0.4 is 0 Å². The van der Waals surface area contributed by atoms with E-state index in [4.69, 9.17) is 9.15 Å². The summed E-state index contributed by atoms with van der Waals surface area (Å²) in [7, 11) is 3.18. The first-order valence-electron chi connectivity index (χ1n) is 5.66. The number of amides is 1. The Labute approximate surface area is 110 Å². The summed E-state index contributed by atoms with van der Waals surface area (Å²) in [6, 6.07) is 3.71. The highest BCUT2D eigenvalue weighted by atomic mass is 16.5. The molecule has 7 nitrogen and oxygen atoms in total. The van der Waals surface area contributed by atoms with Gasteiger partial charge in [-0.05, 0) is 11.6 Å². The summed E-state index contributed by atoms with van der Waals surface area (Å²) >= 11 is 0. The number of rotatable bonds is 5. The van der Waals surface area contributed by atoms with Crippen molar-refractivity contribution in [3.8, 4) is 0 Å². The van der Waals surface area contributed by atoms with Gasteiger partial charge in [-0.25, -0.2) is 0 Å². The van der Waals surface area contributed by atoms with Crippen LogP contribution in [0.3, 0.4) is 0 Å². The van der Waals surface area contributed by atoms with Crippen LogP contribution in [-0.2, 0) is 17.9 Å². The first kappa shape index (κ1) is 13.2. The van der Waals surface area contributed by atoms with Crippen molar-refractivity contribution in [1.82, 2.24) is 20.1 Å². The van der Waals surface area contributed by atoms with Crippen LogP contribution in [0.5, 0.6) is 0 Å². The van der Waals surface area contributed by atoms with Gasteiger partial charge in [0.1, 0.15) is 6.61 Å². The lowest BCUT2D eigenvalue weighted by atomic mass is 10.3. The zero-order valence-corrected chi connectivity index (χ0v) is 10.7. The van der Waals surface area contributed by atoms with Crippen LogP contribution in [0, 0.1) is 0 Å². The fourth-order valence-corrected chi connectivity index (χ4v) is 1.52. The molecule has 2 aromatic rings. The molecule has 0 aromatic carbocycles.